The number of para-hydroxylation sites is 1. The number of nitrogens with zero attached hydrogens (tertiary/aromatic N) is 1. The van der Waals surface area contributed by atoms with E-state index >= 15 is 0 Å². The van der Waals surface area contributed by atoms with Crippen LogP contribution in [0, 0.1) is 5.92 Å². The van der Waals surface area contributed by atoms with Crippen molar-refractivity contribution >= 4 is 12.0 Å². The summed E-state index contributed by atoms with van der Waals surface area (Å²) in [7, 11) is 3.19. The van der Waals surface area contributed by atoms with Crippen LogP contribution in [0.4, 0.5) is 0 Å². The molecule has 1 amide bonds. The molecule has 0 bridgehead atoms. The summed E-state index contributed by atoms with van der Waals surface area (Å²) in [5.41, 5.74) is 1.08. The monoisotopic (exact) mass is 465 g/mol. The number of carbonyl (C=O) groups excluding carboxylic acids is 1. The summed E-state index contributed by atoms with van der Waals surface area (Å²) < 4.78 is 16.6. The highest BCUT2D eigenvalue weighted by Gasteiger charge is 2.50. The summed E-state index contributed by atoms with van der Waals surface area (Å²) in [4.78, 5) is 15.5. The van der Waals surface area contributed by atoms with Crippen LogP contribution in [0.5, 0.6) is 17.2 Å². The molecule has 182 valence electrons. The van der Waals surface area contributed by atoms with E-state index in [1.165, 1.54) is 0 Å². The first kappa shape index (κ1) is 24.1. The molecule has 1 aliphatic heterocycles. The maximum absolute atomic E-state index is 13.5. The summed E-state index contributed by atoms with van der Waals surface area (Å²) in [5.74, 6) is 1.96. The molecule has 1 saturated heterocycles. The van der Waals surface area contributed by atoms with E-state index in [0.717, 1.165) is 42.6 Å². The summed E-state index contributed by atoms with van der Waals surface area (Å²) in [6.45, 7) is 3.02. The number of fused-ring (bicyclic) bond motifs is 1. The highest BCUT2D eigenvalue weighted by atomic mass is 16.5. The Kier molecular flexibility index (Phi) is 7.47. The van der Waals surface area contributed by atoms with Gasteiger partial charge < -0.3 is 24.2 Å². The highest BCUT2D eigenvalue weighted by molar-refractivity contribution is 5.92. The third kappa shape index (κ3) is 4.78. The van der Waals surface area contributed by atoms with E-state index in [4.69, 9.17) is 14.2 Å². The number of hydrogen-bond donors (Lipinski definition) is 1. The lowest BCUT2D eigenvalue weighted by molar-refractivity contribution is -0.151. The Labute approximate surface area is 202 Å². The van der Waals surface area contributed by atoms with Crippen LogP contribution >= 0.6 is 0 Å². The average molecular weight is 466 g/mol. The standard InChI is InChI=1S/C28H35NO5/c1-4-34-23-11-6-5-9-21(23)27-22-10-7-8-16-28(22,31)17-18-29(27)26(30)15-13-20-12-14-24(32-2)25(19-20)33-3/h5-6,9,11-15,19,22,27,31H,4,7-8,10,16-18H2,1-3H3/b15-13+/t22-,27-,28+/m0/s1. The fourth-order valence-corrected chi connectivity index (χ4v) is 5.55. The molecule has 1 heterocycles. The van der Waals surface area contributed by atoms with Crippen molar-refractivity contribution in [2.75, 3.05) is 27.4 Å². The van der Waals surface area contributed by atoms with Gasteiger partial charge in [0.1, 0.15) is 5.75 Å². The van der Waals surface area contributed by atoms with Crippen LogP contribution < -0.4 is 14.2 Å². The fraction of sp³-hybridized carbons (Fsp3) is 0.464. The van der Waals surface area contributed by atoms with Gasteiger partial charge in [-0.05, 0) is 56.0 Å². The summed E-state index contributed by atoms with van der Waals surface area (Å²) >= 11 is 0. The zero-order chi connectivity index (χ0) is 24.1. The van der Waals surface area contributed by atoms with Crippen molar-refractivity contribution in [3.05, 3.63) is 59.7 Å². The number of ether oxygens (including phenoxy) is 3. The summed E-state index contributed by atoms with van der Waals surface area (Å²) in [6, 6.07) is 13.3. The van der Waals surface area contributed by atoms with Gasteiger partial charge in [-0.2, -0.15) is 0 Å². The number of piperidine rings is 1. The first-order valence-electron chi connectivity index (χ1n) is 12.2. The molecule has 0 unspecified atom stereocenters. The third-order valence-corrected chi connectivity index (χ3v) is 7.21. The Bertz CT molecular complexity index is 1040. The van der Waals surface area contributed by atoms with Crippen molar-refractivity contribution < 1.29 is 24.1 Å². The van der Waals surface area contributed by atoms with Gasteiger partial charge in [-0.25, -0.2) is 0 Å². The zero-order valence-electron chi connectivity index (χ0n) is 20.3. The van der Waals surface area contributed by atoms with E-state index in [-0.39, 0.29) is 17.9 Å². The van der Waals surface area contributed by atoms with Gasteiger partial charge in [-0.1, -0.05) is 37.1 Å². The van der Waals surface area contributed by atoms with Gasteiger partial charge in [0.2, 0.25) is 5.91 Å². The predicted octanol–water partition coefficient (Wildman–Crippen LogP) is 5.01. The lowest BCUT2D eigenvalue weighted by atomic mass is 9.66. The first-order chi connectivity index (χ1) is 16.5. The maximum Gasteiger partial charge on any atom is 0.247 e. The van der Waals surface area contributed by atoms with E-state index in [1.807, 2.05) is 54.3 Å². The molecule has 3 atom stereocenters. The fourth-order valence-electron chi connectivity index (χ4n) is 5.55. The van der Waals surface area contributed by atoms with Crippen LogP contribution in [-0.2, 0) is 4.79 Å². The minimum absolute atomic E-state index is 0.0185. The van der Waals surface area contributed by atoms with Crippen molar-refractivity contribution in [2.24, 2.45) is 5.92 Å². The molecule has 34 heavy (non-hydrogen) atoms. The van der Waals surface area contributed by atoms with Gasteiger partial charge in [0.15, 0.2) is 11.5 Å². The lowest BCUT2D eigenvalue weighted by Crippen LogP contribution is -2.56. The Morgan fingerprint density at radius 3 is 2.65 bits per heavy atom. The number of hydrogen-bond acceptors (Lipinski definition) is 5. The second-order valence-corrected chi connectivity index (χ2v) is 9.10. The van der Waals surface area contributed by atoms with Crippen LogP contribution in [0.25, 0.3) is 6.08 Å². The maximum atomic E-state index is 13.5. The minimum atomic E-state index is -0.744. The van der Waals surface area contributed by atoms with Gasteiger partial charge in [-0.3, -0.25) is 4.79 Å². The van der Waals surface area contributed by atoms with Crippen LogP contribution in [0.2, 0.25) is 0 Å². The Morgan fingerprint density at radius 2 is 1.88 bits per heavy atom. The van der Waals surface area contributed by atoms with E-state index in [1.54, 1.807) is 26.4 Å². The first-order valence-corrected chi connectivity index (χ1v) is 12.2. The molecule has 2 fully saturated rings. The molecule has 4 rings (SSSR count). The summed E-state index contributed by atoms with van der Waals surface area (Å²) in [6.07, 6.45) is 7.78. The van der Waals surface area contributed by atoms with E-state index in [0.29, 0.717) is 31.1 Å². The average Bonchev–Trinajstić information content (AvgIpc) is 2.86. The molecule has 6 heteroatoms. The lowest BCUT2D eigenvalue weighted by Gasteiger charge is -2.52. The minimum Gasteiger partial charge on any atom is -0.494 e. The van der Waals surface area contributed by atoms with E-state index < -0.39 is 5.60 Å². The van der Waals surface area contributed by atoms with Gasteiger partial charge in [-0.15, -0.1) is 0 Å². The van der Waals surface area contributed by atoms with E-state index in [9.17, 15) is 9.90 Å². The van der Waals surface area contributed by atoms with Crippen molar-refractivity contribution in [3.8, 4) is 17.2 Å². The van der Waals surface area contributed by atoms with E-state index in [2.05, 4.69) is 0 Å². The van der Waals surface area contributed by atoms with Gasteiger partial charge in [0.05, 0.1) is 32.5 Å². The molecule has 2 aromatic rings. The molecular formula is C28H35NO5. The number of likely N-dealkylation sites (tertiary alicyclic amines) is 1. The second kappa shape index (κ2) is 10.5. The van der Waals surface area contributed by atoms with Gasteiger partial charge in [0.25, 0.3) is 0 Å². The zero-order valence-corrected chi connectivity index (χ0v) is 20.3. The molecule has 1 saturated carbocycles. The van der Waals surface area contributed by atoms with Crippen molar-refractivity contribution in [3.63, 3.8) is 0 Å². The number of benzene rings is 2. The Balaban J connectivity index is 1.66. The molecule has 2 aliphatic rings. The highest BCUT2D eigenvalue weighted by Crippen LogP contribution is 2.50. The molecule has 2 aromatic carbocycles. The van der Waals surface area contributed by atoms with Gasteiger partial charge in [0, 0.05) is 24.1 Å². The number of aliphatic hydroxyl groups is 1. The molecule has 0 radical (unpaired) electrons. The number of methoxy groups -OCH3 is 2. The van der Waals surface area contributed by atoms with Crippen molar-refractivity contribution in [2.45, 2.75) is 50.7 Å². The molecule has 1 aliphatic carbocycles. The second-order valence-electron chi connectivity index (χ2n) is 9.10. The molecule has 0 spiro atoms. The van der Waals surface area contributed by atoms with Gasteiger partial charge >= 0.3 is 0 Å². The Morgan fingerprint density at radius 1 is 1.09 bits per heavy atom. The molecular weight excluding hydrogens is 430 g/mol. The smallest absolute Gasteiger partial charge is 0.247 e. The van der Waals surface area contributed by atoms with Crippen LogP contribution in [0.3, 0.4) is 0 Å². The van der Waals surface area contributed by atoms with Crippen LogP contribution in [-0.4, -0.2) is 48.9 Å². The molecule has 1 N–H and O–H groups in total. The van der Waals surface area contributed by atoms with Crippen molar-refractivity contribution in [1.29, 1.82) is 0 Å². The number of carbonyl (C=O) groups is 1. The SMILES string of the molecule is CCOc1ccccc1[C@H]1[C@@H]2CCCC[C@@]2(O)CCN1C(=O)/C=C/c1ccc(OC)c(OC)c1. The quantitative estimate of drug-likeness (QED) is 0.582. The van der Waals surface area contributed by atoms with Crippen LogP contribution in [0.1, 0.15) is 56.2 Å². The largest absolute Gasteiger partial charge is 0.494 e. The van der Waals surface area contributed by atoms with Crippen molar-refractivity contribution in [1.82, 2.24) is 4.90 Å². The predicted molar refractivity (Wildman–Crippen MR) is 132 cm³/mol. The third-order valence-electron chi connectivity index (χ3n) is 7.21. The molecule has 0 aromatic heterocycles. The number of rotatable bonds is 7. The Hall–Kier alpha value is -2.99. The van der Waals surface area contributed by atoms with Crippen LogP contribution in [0.15, 0.2) is 48.5 Å². The normalized spacial score (nSPS) is 24.5. The number of amides is 1. The molecule has 6 nitrogen and oxygen atoms in total. The topological polar surface area (TPSA) is 68.2 Å². The summed E-state index contributed by atoms with van der Waals surface area (Å²) in [5, 5.41) is 11.5.